The molecule has 0 unspecified atom stereocenters. The molecule has 4 rings (SSSR count). The smallest absolute Gasteiger partial charge is 0.347 e. The molecule has 1 fully saturated rings. The van der Waals surface area contributed by atoms with Crippen molar-refractivity contribution in [3.63, 3.8) is 0 Å². The van der Waals surface area contributed by atoms with Crippen LogP contribution in [0.4, 0.5) is 5.69 Å². The van der Waals surface area contributed by atoms with Crippen LogP contribution in [0, 0.1) is 0 Å². The topological polar surface area (TPSA) is 86.0 Å². The van der Waals surface area contributed by atoms with Crippen LogP contribution >= 0.6 is 0 Å². The van der Waals surface area contributed by atoms with Crippen molar-refractivity contribution in [2.45, 2.75) is 58.0 Å². The van der Waals surface area contributed by atoms with E-state index < -0.39 is 12.1 Å². The van der Waals surface area contributed by atoms with Gasteiger partial charge in [-0.3, -0.25) is 4.79 Å². The fourth-order valence-electron chi connectivity index (χ4n) is 4.51. The summed E-state index contributed by atoms with van der Waals surface area (Å²) in [6.45, 7) is 3.69. The van der Waals surface area contributed by atoms with Gasteiger partial charge in [0.2, 0.25) is 0 Å². The van der Waals surface area contributed by atoms with Crippen molar-refractivity contribution in [3.8, 4) is 5.75 Å². The summed E-state index contributed by atoms with van der Waals surface area (Å²) in [5, 5.41) is 5.16. The molecule has 1 aliphatic rings. The molecule has 190 valence electrons. The first-order valence-electron chi connectivity index (χ1n) is 12.6. The first kappa shape index (κ1) is 25.4. The highest BCUT2D eigenvalue weighted by atomic mass is 16.6. The minimum absolute atomic E-state index is 0.184. The molecule has 0 radical (unpaired) electrons. The third-order valence-electron chi connectivity index (χ3n) is 6.50. The zero-order chi connectivity index (χ0) is 25.7. The van der Waals surface area contributed by atoms with Gasteiger partial charge >= 0.3 is 5.97 Å². The first-order valence-corrected chi connectivity index (χ1v) is 12.6. The maximum absolute atomic E-state index is 13.5. The monoisotopic (exact) mass is 490 g/mol. The van der Waals surface area contributed by atoms with Gasteiger partial charge in [0.1, 0.15) is 11.6 Å². The van der Waals surface area contributed by atoms with Gasteiger partial charge in [-0.25, -0.2) is 9.78 Å². The van der Waals surface area contributed by atoms with Crippen molar-refractivity contribution in [2.75, 3.05) is 25.6 Å². The highest BCUT2D eigenvalue weighted by molar-refractivity contribution is 5.85. The molecule has 0 N–H and O–H groups in total. The molecule has 8 nitrogen and oxygen atoms in total. The van der Waals surface area contributed by atoms with Crippen LogP contribution < -0.4 is 15.2 Å². The number of nitrogens with zero attached hydrogens (tertiary/aromatic N) is 4. The summed E-state index contributed by atoms with van der Waals surface area (Å²) in [5.41, 5.74) is 2.05. The third-order valence-corrected chi connectivity index (χ3v) is 6.50. The van der Waals surface area contributed by atoms with E-state index in [-0.39, 0.29) is 18.1 Å². The molecule has 0 spiro atoms. The Labute approximate surface area is 211 Å². The minimum atomic E-state index is -0.794. The second-order valence-corrected chi connectivity index (χ2v) is 9.31. The lowest BCUT2D eigenvalue weighted by Gasteiger charge is -2.23. The van der Waals surface area contributed by atoms with Crippen LogP contribution in [0.1, 0.15) is 63.3 Å². The van der Waals surface area contributed by atoms with Gasteiger partial charge in [-0.2, -0.15) is 9.78 Å². The molecule has 0 bridgehead atoms. The van der Waals surface area contributed by atoms with Gasteiger partial charge in [-0.1, -0.05) is 31.4 Å². The highest BCUT2D eigenvalue weighted by Crippen LogP contribution is 2.32. The lowest BCUT2D eigenvalue weighted by molar-refractivity contribution is -0.150. The predicted molar refractivity (Wildman–Crippen MR) is 142 cm³/mol. The number of carbonyl (C=O) groups is 1. The van der Waals surface area contributed by atoms with Crippen LogP contribution in [0.15, 0.2) is 52.4 Å². The molecular formula is C28H34N4O4. The van der Waals surface area contributed by atoms with E-state index in [2.05, 4.69) is 5.10 Å². The SMILES string of the molecule is CCOC(=O)[C@H](C)Oc1cc(N(C)C)ccc1C=Nn1c(C2CCCCC2)nc2ccccc2c1=O. The number of rotatable bonds is 8. The van der Waals surface area contributed by atoms with Gasteiger partial charge < -0.3 is 14.4 Å². The Kier molecular flexibility index (Phi) is 8.03. The summed E-state index contributed by atoms with van der Waals surface area (Å²) in [4.78, 5) is 32.5. The molecule has 1 aromatic heterocycles. The number of esters is 1. The summed E-state index contributed by atoms with van der Waals surface area (Å²) < 4.78 is 12.5. The van der Waals surface area contributed by atoms with E-state index in [9.17, 15) is 9.59 Å². The van der Waals surface area contributed by atoms with E-state index in [1.54, 1.807) is 26.1 Å². The average Bonchev–Trinajstić information content (AvgIpc) is 2.89. The van der Waals surface area contributed by atoms with Gasteiger partial charge in [0, 0.05) is 37.3 Å². The number of benzene rings is 2. The minimum Gasteiger partial charge on any atom is -0.478 e. The lowest BCUT2D eigenvalue weighted by atomic mass is 9.88. The number of carbonyl (C=O) groups excluding carboxylic acids is 1. The maximum atomic E-state index is 13.5. The number of hydrogen-bond donors (Lipinski definition) is 0. The number of anilines is 1. The molecule has 0 saturated heterocycles. The summed E-state index contributed by atoms with van der Waals surface area (Å²) in [7, 11) is 3.86. The van der Waals surface area contributed by atoms with Gasteiger partial charge in [0.15, 0.2) is 6.10 Å². The molecule has 1 atom stereocenters. The highest BCUT2D eigenvalue weighted by Gasteiger charge is 2.23. The Balaban J connectivity index is 1.77. The predicted octanol–water partition coefficient (Wildman–Crippen LogP) is 4.72. The molecule has 1 saturated carbocycles. The van der Waals surface area contributed by atoms with Gasteiger partial charge in [0.25, 0.3) is 5.56 Å². The quantitative estimate of drug-likeness (QED) is 0.335. The van der Waals surface area contributed by atoms with Crippen LogP contribution in [0.25, 0.3) is 10.9 Å². The normalized spacial score (nSPS) is 15.2. The van der Waals surface area contributed by atoms with Crippen molar-refractivity contribution in [1.29, 1.82) is 0 Å². The maximum Gasteiger partial charge on any atom is 0.347 e. The summed E-state index contributed by atoms with van der Waals surface area (Å²) in [6.07, 6.45) is 6.23. The molecular weight excluding hydrogens is 456 g/mol. The van der Waals surface area contributed by atoms with E-state index in [4.69, 9.17) is 14.5 Å². The van der Waals surface area contributed by atoms with E-state index in [0.29, 0.717) is 28.0 Å². The van der Waals surface area contributed by atoms with Crippen molar-refractivity contribution in [1.82, 2.24) is 9.66 Å². The van der Waals surface area contributed by atoms with E-state index in [1.807, 2.05) is 55.4 Å². The van der Waals surface area contributed by atoms with Crippen LogP contribution in [0.3, 0.4) is 0 Å². The molecule has 1 heterocycles. The number of hydrogen-bond acceptors (Lipinski definition) is 7. The average molecular weight is 491 g/mol. The number of aromatic nitrogens is 2. The Morgan fingerprint density at radius 1 is 1.19 bits per heavy atom. The Morgan fingerprint density at radius 3 is 2.67 bits per heavy atom. The van der Waals surface area contributed by atoms with Crippen molar-refractivity contribution >= 4 is 28.8 Å². The van der Waals surface area contributed by atoms with E-state index in [1.165, 1.54) is 11.1 Å². The fourth-order valence-corrected chi connectivity index (χ4v) is 4.51. The Hall–Kier alpha value is -3.68. The van der Waals surface area contributed by atoms with E-state index >= 15 is 0 Å². The summed E-state index contributed by atoms with van der Waals surface area (Å²) in [6, 6.07) is 13.0. The standard InChI is InChI=1S/C28H34N4O4/c1-5-35-28(34)19(2)36-25-17-22(31(3)4)16-15-21(25)18-29-32-26(20-11-7-6-8-12-20)30-24-14-10-9-13-23(24)27(32)33/h9-10,13-20H,5-8,11-12H2,1-4H3/t19-/m0/s1. The molecule has 1 aliphatic carbocycles. The van der Waals surface area contributed by atoms with Gasteiger partial charge in [0.05, 0.1) is 23.7 Å². The largest absolute Gasteiger partial charge is 0.478 e. The Morgan fingerprint density at radius 2 is 1.94 bits per heavy atom. The molecule has 0 amide bonds. The van der Waals surface area contributed by atoms with Crippen molar-refractivity contribution in [2.24, 2.45) is 5.10 Å². The van der Waals surface area contributed by atoms with Crippen LogP contribution in [-0.4, -0.2) is 48.7 Å². The fraction of sp³-hybridized carbons (Fsp3) is 0.429. The first-order chi connectivity index (χ1) is 17.4. The van der Waals surface area contributed by atoms with Crippen molar-refractivity contribution in [3.05, 3.63) is 64.2 Å². The van der Waals surface area contributed by atoms with Crippen LogP contribution in [-0.2, 0) is 9.53 Å². The molecule has 0 aliphatic heterocycles. The second-order valence-electron chi connectivity index (χ2n) is 9.31. The summed E-state index contributed by atoms with van der Waals surface area (Å²) >= 11 is 0. The van der Waals surface area contributed by atoms with Crippen molar-refractivity contribution < 1.29 is 14.3 Å². The van der Waals surface area contributed by atoms with Crippen LogP contribution in [0.5, 0.6) is 5.75 Å². The van der Waals surface area contributed by atoms with Gasteiger partial charge in [-0.05, 0) is 51.0 Å². The Bertz CT molecular complexity index is 1310. The number of fused-ring (bicyclic) bond motifs is 1. The zero-order valence-corrected chi connectivity index (χ0v) is 21.4. The molecule has 2 aromatic carbocycles. The number of para-hydroxylation sites is 1. The molecule has 3 aromatic rings. The van der Waals surface area contributed by atoms with Crippen LogP contribution in [0.2, 0.25) is 0 Å². The molecule has 36 heavy (non-hydrogen) atoms. The van der Waals surface area contributed by atoms with Gasteiger partial charge in [-0.15, -0.1) is 0 Å². The lowest BCUT2D eigenvalue weighted by Crippen LogP contribution is -2.27. The third kappa shape index (κ3) is 5.58. The molecule has 8 heteroatoms. The van der Waals surface area contributed by atoms with E-state index in [0.717, 1.165) is 31.4 Å². The summed E-state index contributed by atoms with van der Waals surface area (Å²) in [5.74, 6) is 0.919. The number of ether oxygens (including phenoxy) is 2. The second kappa shape index (κ2) is 11.4. The zero-order valence-electron chi connectivity index (χ0n) is 21.4.